The number of anilines is 1. The van der Waals surface area contributed by atoms with Crippen molar-refractivity contribution in [1.82, 2.24) is 4.98 Å². The molecule has 0 unspecified atom stereocenters. The molecule has 0 saturated carbocycles. The SMILES string of the molecule is CCOCCC(=O)Nc1nc(-c2ccc(Cl)s2)cs1. The van der Waals surface area contributed by atoms with Crippen LogP contribution in [0, 0.1) is 0 Å². The highest BCUT2D eigenvalue weighted by Gasteiger charge is 2.09. The molecule has 2 rings (SSSR count). The Morgan fingerprint density at radius 2 is 2.37 bits per heavy atom. The Balaban J connectivity index is 1.92. The largest absolute Gasteiger partial charge is 0.381 e. The average molecular weight is 317 g/mol. The fourth-order valence-electron chi connectivity index (χ4n) is 1.39. The molecule has 0 aliphatic carbocycles. The van der Waals surface area contributed by atoms with Gasteiger partial charge in [-0.3, -0.25) is 4.79 Å². The van der Waals surface area contributed by atoms with Crippen LogP contribution in [0.25, 0.3) is 10.6 Å². The monoisotopic (exact) mass is 316 g/mol. The summed E-state index contributed by atoms with van der Waals surface area (Å²) in [5.41, 5.74) is 0.835. The Morgan fingerprint density at radius 1 is 1.53 bits per heavy atom. The van der Waals surface area contributed by atoms with Gasteiger partial charge in [0.05, 0.1) is 27.9 Å². The Labute approximate surface area is 124 Å². The van der Waals surface area contributed by atoms with E-state index in [2.05, 4.69) is 10.3 Å². The summed E-state index contributed by atoms with van der Waals surface area (Å²) in [6.45, 7) is 2.95. The van der Waals surface area contributed by atoms with Crippen LogP contribution < -0.4 is 5.32 Å². The predicted molar refractivity (Wildman–Crippen MR) is 80.2 cm³/mol. The van der Waals surface area contributed by atoms with E-state index in [4.69, 9.17) is 16.3 Å². The maximum atomic E-state index is 11.6. The summed E-state index contributed by atoms with van der Waals surface area (Å²) in [4.78, 5) is 17.0. The van der Waals surface area contributed by atoms with Gasteiger partial charge in [0.2, 0.25) is 5.91 Å². The van der Waals surface area contributed by atoms with Crippen molar-refractivity contribution in [3.63, 3.8) is 0 Å². The van der Waals surface area contributed by atoms with Gasteiger partial charge in [0.25, 0.3) is 0 Å². The summed E-state index contributed by atoms with van der Waals surface area (Å²) in [5, 5.41) is 5.26. The average Bonchev–Trinajstić information content (AvgIpc) is 2.98. The second kappa shape index (κ2) is 7.00. The van der Waals surface area contributed by atoms with Crippen molar-refractivity contribution in [2.45, 2.75) is 13.3 Å². The van der Waals surface area contributed by atoms with Gasteiger partial charge >= 0.3 is 0 Å². The Hall–Kier alpha value is -0.950. The molecule has 7 heteroatoms. The van der Waals surface area contributed by atoms with Crippen molar-refractivity contribution in [2.24, 2.45) is 0 Å². The molecular weight excluding hydrogens is 304 g/mol. The first-order valence-electron chi connectivity index (χ1n) is 5.78. The molecule has 0 spiro atoms. The Kier molecular flexibility index (Phi) is 5.33. The molecule has 1 N–H and O–H groups in total. The first kappa shape index (κ1) is 14.5. The number of thiazole rings is 1. The molecule has 0 aliphatic heterocycles. The van der Waals surface area contributed by atoms with Crippen LogP contribution in [0.3, 0.4) is 0 Å². The first-order chi connectivity index (χ1) is 9.19. The number of hydrogen-bond acceptors (Lipinski definition) is 5. The molecule has 0 aliphatic rings. The molecule has 102 valence electrons. The molecule has 0 bridgehead atoms. The summed E-state index contributed by atoms with van der Waals surface area (Å²) in [5.74, 6) is -0.0847. The third-order valence-electron chi connectivity index (χ3n) is 2.25. The summed E-state index contributed by atoms with van der Waals surface area (Å²) in [6, 6.07) is 3.75. The molecule has 0 saturated heterocycles. The molecule has 0 fully saturated rings. The summed E-state index contributed by atoms with van der Waals surface area (Å²) in [7, 11) is 0. The lowest BCUT2D eigenvalue weighted by Crippen LogP contribution is -2.13. The highest BCUT2D eigenvalue weighted by molar-refractivity contribution is 7.20. The number of aromatic nitrogens is 1. The van der Waals surface area contributed by atoms with Crippen molar-refractivity contribution >= 4 is 45.3 Å². The number of carbonyl (C=O) groups excluding carboxylic acids is 1. The predicted octanol–water partition coefficient (Wildman–Crippen LogP) is 3.89. The van der Waals surface area contributed by atoms with Gasteiger partial charge in [-0.25, -0.2) is 4.98 Å². The fraction of sp³-hybridized carbons (Fsp3) is 0.333. The number of amides is 1. The third kappa shape index (κ3) is 4.28. The topological polar surface area (TPSA) is 51.2 Å². The van der Waals surface area contributed by atoms with Crippen LogP contribution in [0.5, 0.6) is 0 Å². The summed E-state index contributed by atoms with van der Waals surface area (Å²) in [6.07, 6.45) is 0.341. The number of carbonyl (C=O) groups is 1. The zero-order valence-corrected chi connectivity index (χ0v) is 12.7. The Morgan fingerprint density at radius 3 is 3.05 bits per heavy atom. The van der Waals surface area contributed by atoms with E-state index in [1.54, 1.807) is 0 Å². The lowest BCUT2D eigenvalue weighted by atomic mass is 10.4. The number of thiophene rings is 1. The number of hydrogen-bond donors (Lipinski definition) is 1. The lowest BCUT2D eigenvalue weighted by molar-refractivity contribution is -0.117. The minimum absolute atomic E-state index is 0.0847. The van der Waals surface area contributed by atoms with E-state index in [-0.39, 0.29) is 5.91 Å². The van der Waals surface area contributed by atoms with Gasteiger partial charge in [-0.15, -0.1) is 22.7 Å². The molecule has 1 amide bonds. The van der Waals surface area contributed by atoms with Crippen molar-refractivity contribution < 1.29 is 9.53 Å². The quantitative estimate of drug-likeness (QED) is 0.823. The van der Waals surface area contributed by atoms with Crippen LogP contribution in [0.2, 0.25) is 4.34 Å². The van der Waals surface area contributed by atoms with Crippen molar-refractivity contribution in [2.75, 3.05) is 18.5 Å². The van der Waals surface area contributed by atoms with Crippen LogP contribution in [-0.4, -0.2) is 24.1 Å². The molecular formula is C12H13ClN2O2S2. The molecule has 0 radical (unpaired) electrons. The second-order valence-electron chi connectivity index (χ2n) is 3.64. The van der Waals surface area contributed by atoms with Crippen LogP contribution in [-0.2, 0) is 9.53 Å². The van der Waals surface area contributed by atoms with E-state index in [0.717, 1.165) is 14.9 Å². The molecule has 2 aromatic heterocycles. The smallest absolute Gasteiger partial charge is 0.228 e. The lowest BCUT2D eigenvalue weighted by Gasteiger charge is -2.01. The van der Waals surface area contributed by atoms with E-state index in [1.165, 1.54) is 22.7 Å². The minimum atomic E-state index is -0.0847. The fourth-order valence-corrected chi connectivity index (χ4v) is 3.19. The normalized spacial score (nSPS) is 10.6. The van der Waals surface area contributed by atoms with Gasteiger partial charge in [-0.1, -0.05) is 11.6 Å². The third-order valence-corrected chi connectivity index (χ3v) is 4.27. The summed E-state index contributed by atoms with van der Waals surface area (Å²) < 4.78 is 5.86. The number of ether oxygens (including phenoxy) is 1. The molecule has 2 aromatic rings. The first-order valence-corrected chi connectivity index (χ1v) is 7.85. The van der Waals surface area contributed by atoms with Crippen molar-refractivity contribution in [3.8, 4) is 10.6 Å². The molecule has 19 heavy (non-hydrogen) atoms. The number of halogens is 1. The van der Waals surface area contributed by atoms with Crippen LogP contribution in [0.4, 0.5) is 5.13 Å². The van der Waals surface area contributed by atoms with Crippen LogP contribution >= 0.6 is 34.3 Å². The number of nitrogens with one attached hydrogen (secondary N) is 1. The Bertz CT molecular complexity index is 553. The van der Waals surface area contributed by atoms with E-state index in [9.17, 15) is 4.79 Å². The van der Waals surface area contributed by atoms with Crippen LogP contribution in [0.15, 0.2) is 17.5 Å². The standard InChI is InChI=1S/C12H13ClN2O2S2/c1-2-17-6-5-11(16)15-12-14-8(7-18-12)9-3-4-10(13)19-9/h3-4,7H,2,5-6H2,1H3,(H,14,15,16). The van der Waals surface area contributed by atoms with Gasteiger partial charge < -0.3 is 10.1 Å². The van der Waals surface area contributed by atoms with Gasteiger partial charge in [-0.05, 0) is 19.1 Å². The molecule has 0 aromatic carbocycles. The highest BCUT2D eigenvalue weighted by Crippen LogP contribution is 2.32. The van der Waals surface area contributed by atoms with Gasteiger partial charge in [0.15, 0.2) is 5.13 Å². The zero-order chi connectivity index (χ0) is 13.7. The zero-order valence-electron chi connectivity index (χ0n) is 10.3. The highest BCUT2D eigenvalue weighted by atomic mass is 35.5. The van der Waals surface area contributed by atoms with E-state index in [0.29, 0.717) is 24.8 Å². The number of rotatable bonds is 6. The second-order valence-corrected chi connectivity index (χ2v) is 6.21. The molecule has 2 heterocycles. The van der Waals surface area contributed by atoms with E-state index in [1.807, 2.05) is 24.4 Å². The molecule has 0 atom stereocenters. The minimum Gasteiger partial charge on any atom is -0.381 e. The van der Waals surface area contributed by atoms with Crippen molar-refractivity contribution in [1.29, 1.82) is 0 Å². The number of nitrogens with zero attached hydrogens (tertiary/aromatic N) is 1. The summed E-state index contributed by atoms with van der Waals surface area (Å²) >= 11 is 8.75. The van der Waals surface area contributed by atoms with Gasteiger partial charge in [-0.2, -0.15) is 0 Å². The van der Waals surface area contributed by atoms with E-state index >= 15 is 0 Å². The maximum Gasteiger partial charge on any atom is 0.228 e. The maximum absolute atomic E-state index is 11.6. The van der Waals surface area contributed by atoms with Crippen LogP contribution in [0.1, 0.15) is 13.3 Å². The van der Waals surface area contributed by atoms with Gasteiger partial charge in [0, 0.05) is 12.0 Å². The van der Waals surface area contributed by atoms with Crippen molar-refractivity contribution in [3.05, 3.63) is 21.8 Å². The molecule has 4 nitrogen and oxygen atoms in total. The van der Waals surface area contributed by atoms with E-state index < -0.39 is 0 Å². The van der Waals surface area contributed by atoms with Gasteiger partial charge in [0.1, 0.15) is 0 Å².